The lowest BCUT2D eigenvalue weighted by molar-refractivity contribution is -0.131. The van der Waals surface area contributed by atoms with Crippen LogP contribution in [-0.4, -0.2) is 31.8 Å². The topological polar surface area (TPSA) is 80.1 Å². The minimum atomic E-state index is -1.08. The zero-order valence-corrected chi connectivity index (χ0v) is 14.2. The highest BCUT2D eigenvalue weighted by molar-refractivity contribution is 6.07. The number of rotatable bonds is 4. The van der Waals surface area contributed by atoms with E-state index in [4.69, 9.17) is 0 Å². The number of benzene rings is 2. The van der Waals surface area contributed by atoms with Crippen LogP contribution in [0.2, 0.25) is 0 Å². The predicted molar refractivity (Wildman–Crippen MR) is 94.2 cm³/mol. The van der Waals surface area contributed by atoms with Gasteiger partial charge in [-0.1, -0.05) is 48.5 Å². The average molecular weight is 347 g/mol. The molecule has 0 spiro atoms. The summed E-state index contributed by atoms with van der Waals surface area (Å²) in [5, 5.41) is 11.4. The first-order chi connectivity index (χ1) is 12.6. The highest BCUT2D eigenvalue weighted by atomic mass is 16.2. The van der Waals surface area contributed by atoms with Crippen LogP contribution in [0, 0.1) is 0 Å². The number of carbonyl (C=O) groups excluding carboxylic acids is 2. The molecule has 1 saturated heterocycles. The summed E-state index contributed by atoms with van der Waals surface area (Å²) in [7, 11) is 0. The van der Waals surface area contributed by atoms with Gasteiger partial charge >= 0.3 is 6.03 Å². The molecule has 1 aliphatic heterocycles. The second-order valence-electron chi connectivity index (χ2n) is 6.27. The molecule has 1 aromatic heterocycles. The Morgan fingerprint density at radius 2 is 1.65 bits per heavy atom. The van der Waals surface area contributed by atoms with Crippen molar-refractivity contribution < 1.29 is 9.59 Å². The fourth-order valence-corrected chi connectivity index (χ4v) is 3.02. The maximum absolute atomic E-state index is 12.9. The summed E-state index contributed by atoms with van der Waals surface area (Å²) in [6, 6.07) is 18.2. The molecule has 1 N–H and O–H groups in total. The molecule has 26 heavy (non-hydrogen) atoms. The van der Waals surface area contributed by atoms with Gasteiger partial charge < -0.3 is 5.32 Å². The number of aromatic nitrogens is 3. The van der Waals surface area contributed by atoms with E-state index < -0.39 is 11.6 Å². The van der Waals surface area contributed by atoms with Gasteiger partial charge in [0.1, 0.15) is 11.2 Å². The van der Waals surface area contributed by atoms with Crippen molar-refractivity contribution in [2.75, 3.05) is 0 Å². The van der Waals surface area contributed by atoms with E-state index in [0.29, 0.717) is 5.69 Å². The first kappa shape index (κ1) is 16.0. The lowest BCUT2D eigenvalue weighted by Crippen LogP contribution is -2.40. The Morgan fingerprint density at radius 3 is 2.35 bits per heavy atom. The van der Waals surface area contributed by atoms with Gasteiger partial charge in [-0.05, 0) is 24.6 Å². The summed E-state index contributed by atoms with van der Waals surface area (Å²) < 4.78 is 0. The fourth-order valence-electron chi connectivity index (χ4n) is 3.02. The molecule has 7 nitrogen and oxygen atoms in total. The van der Waals surface area contributed by atoms with Crippen LogP contribution in [0.3, 0.4) is 0 Å². The van der Waals surface area contributed by atoms with Gasteiger partial charge in [0.2, 0.25) is 0 Å². The van der Waals surface area contributed by atoms with Crippen LogP contribution in [0.1, 0.15) is 18.2 Å². The van der Waals surface area contributed by atoms with Crippen molar-refractivity contribution in [3.8, 4) is 5.69 Å². The molecule has 4 rings (SSSR count). The smallest absolute Gasteiger partial charge is 0.319 e. The molecule has 2 aromatic carbocycles. The number of nitrogens with one attached hydrogen (secondary N) is 1. The molecule has 1 aliphatic rings. The van der Waals surface area contributed by atoms with Crippen LogP contribution in [0.25, 0.3) is 5.69 Å². The third-order valence-electron chi connectivity index (χ3n) is 4.47. The summed E-state index contributed by atoms with van der Waals surface area (Å²) in [4.78, 5) is 27.9. The number of hydrogen-bond acceptors (Lipinski definition) is 4. The number of hydrogen-bond donors (Lipinski definition) is 1. The van der Waals surface area contributed by atoms with Crippen LogP contribution in [-0.2, 0) is 16.9 Å². The Hall–Kier alpha value is -3.48. The van der Waals surface area contributed by atoms with Crippen LogP contribution in [0.5, 0.6) is 0 Å². The lowest BCUT2D eigenvalue weighted by Gasteiger charge is -2.21. The molecule has 0 aliphatic carbocycles. The predicted octanol–water partition coefficient (Wildman–Crippen LogP) is 2.23. The van der Waals surface area contributed by atoms with E-state index in [9.17, 15) is 9.59 Å². The minimum absolute atomic E-state index is 0.0694. The lowest BCUT2D eigenvalue weighted by atomic mass is 9.92. The van der Waals surface area contributed by atoms with Gasteiger partial charge in [-0.3, -0.25) is 9.69 Å². The Balaban J connectivity index is 1.57. The molecular formula is C19H17N5O2. The minimum Gasteiger partial charge on any atom is -0.319 e. The van der Waals surface area contributed by atoms with E-state index in [0.717, 1.165) is 11.3 Å². The fraction of sp³-hybridized carbons (Fsp3) is 0.158. The molecule has 130 valence electrons. The van der Waals surface area contributed by atoms with Gasteiger partial charge in [-0.15, -0.1) is 0 Å². The molecule has 0 saturated carbocycles. The van der Waals surface area contributed by atoms with Gasteiger partial charge in [0.05, 0.1) is 18.4 Å². The second-order valence-corrected chi connectivity index (χ2v) is 6.27. The van der Waals surface area contributed by atoms with Gasteiger partial charge in [-0.2, -0.15) is 15.0 Å². The van der Waals surface area contributed by atoms with Gasteiger partial charge in [0.15, 0.2) is 0 Å². The van der Waals surface area contributed by atoms with Crippen LogP contribution >= 0.6 is 0 Å². The molecule has 0 radical (unpaired) electrons. The molecule has 1 atom stereocenters. The molecule has 3 amide bonds. The molecule has 0 bridgehead atoms. The first-order valence-electron chi connectivity index (χ1n) is 8.24. The summed E-state index contributed by atoms with van der Waals surface area (Å²) in [6.07, 6.45) is 1.56. The van der Waals surface area contributed by atoms with Gasteiger partial charge in [0.25, 0.3) is 5.91 Å². The van der Waals surface area contributed by atoms with Crippen molar-refractivity contribution >= 4 is 11.9 Å². The Labute approximate surface area is 150 Å². The van der Waals surface area contributed by atoms with E-state index in [-0.39, 0.29) is 12.5 Å². The highest BCUT2D eigenvalue weighted by Crippen LogP contribution is 2.29. The van der Waals surface area contributed by atoms with E-state index >= 15 is 0 Å². The average Bonchev–Trinajstić information content (AvgIpc) is 3.23. The van der Waals surface area contributed by atoms with Crippen LogP contribution in [0.15, 0.2) is 66.9 Å². The molecule has 2 heterocycles. The Morgan fingerprint density at radius 1 is 1.00 bits per heavy atom. The maximum Gasteiger partial charge on any atom is 0.325 e. The maximum atomic E-state index is 12.9. The van der Waals surface area contributed by atoms with Crippen molar-refractivity contribution in [2.45, 2.75) is 19.0 Å². The highest BCUT2D eigenvalue weighted by Gasteiger charge is 2.49. The summed E-state index contributed by atoms with van der Waals surface area (Å²) in [5.41, 5.74) is 1.02. The van der Waals surface area contributed by atoms with Gasteiger partial charge in [0, 0.05) is 0 Å². The van der Waals surface area contributed by atoms with E-state index in [1.54, 1.807) is 13.1 Å². The van der Waals surface area contributed by atoms with Crippen molar-refractivity contribution in [3.63, 3.8) is 0 Å². The van der Waals surface area contributed by atoms with Crippen LogP contribution in [0.4, 0.5) is 4.79 Å². The second kappa shape index (κ2) is 6.11. The zero-order chi connectivity index (χ0) is 18.1. The monoisotopic (exact) mass is 347 g/mol. The number of urea groups is 1. The number of carbonyl (C=O) groups is 2. The SMILES string of the molecule is C[C@@]1(c2ccccc2)NC(=O)N(Cc2cnn(-c3ccccc3)n2)C1=O. The zero-order valence-electron chi connectivity index (χ0n) is 14.2. The summed E-state index contributed by atoms with van der Waals surface area (Å²) >= 11 is 0. The molecular weight excluding hydrogens is 330 g/mol. The Bertz CT molecular complexity index is 954. The van der Waals surface area contributed by atoms with Crippen molar-refractivity contribution in [1.29, 1.82) is 0 Å². The molecule has 0 unspecified atom stereocenters. The third-order valence-corrected chi connectivity index (χ3v) is 4.47. The third kappa shape index (κ3) is 2.63. The number of amides is 3. The molecule has 1 fully saturated rings. The normalized spacial score (nSPS) is 19.7. The molecule has 7 heteroatoms. The van der Waals surface area contributed by atoms with Crippen molar-refractivity contribution in [3.05, 3.63) is 78.1 Å². The summed E-state index contributed by atoms with van der Waals surface area (Å²) in [5.74, 6) is -0.303. The molecule has 3 aromatic rings. The van der Waals surface area contributed by atoms with E-state index in [1.165, 1.54) is 9.70 Å². The van der Waals surface area contributed by atoms with Crippen LogP contribution < -0.4 is 5.32 Å². The van der Waals surface area contributed by atoms with Crippen molar-refractivity contribution in [2.24, 2.45) is 0 Å². The largest absolute Gasteiger partial charge is 0.325 e. The number of nitrogens with zero attached hydrogens (tertiary/aromatic N) is 4. The number of para-hydroxylation sites is 1. The van der Waals surface area contributed by atoms with E-state index in [1.807, 2.05) is 60.7 Å². The van der Waals surface area contributed by atoms with E-state index in [2.05, 4.69) is 15.5 Å². The number of imide groups is 1. The Kier molecular flexibility index (Phi) is 3.76. The quantitative estimate of drug-likeness (QED) is 0.734. The summed E-state index contributed by atoms with van der Waals surface area (Å²) in [6.45, 7) is 1.78. The first-order valence-corrected chi connectivity index (χ1v) is 8.24. The van der Waals surface area contributed by atoms with Gasteiger partial charge in [-0.25, -0.2) is 4.79 Å². The van der Waals surface area contributed by atoms with Crippen molar-refractivity contribution in [1.82, 2.24) is 25.2 Å². The standard InChI is InChI=1S/C19H17N5O2/c1-19(14-8-4-2-5-9-14)17(25)23(18(26)21-19)13-15-12-20-24(22-15)16-10-6-3-7-11-16/h2-12H,13H2,1H3,(H,21,26)/t19-/m0/s1.